The number of fused-ring (bicyclic) bond motifs is 1. The third-order valence-corrected chi connectivity index (χ3v) is 4.18. The molecule has 3 rings (SSSR count). The number of nitrogens with two attached hydrogens (primary N) is 1. The highest BCUT2D eigenvalue weighted by molar-refractivity contribution is 5.76. The highest BCUT2D eigenvalue weighted by Crippen LogP contribution is 2.40. The average molecular weight is 258 g/mol. The van der Waals surface area contributed by atoms with Crippen molar-refractivity contribution in [3.8, 4) is 0 Å². The van der Waals surface area contributed by atoms with Gasteiger partial charge in [-0.3, -0.25) is 0 Å². The number of hydrogen-bond acceptors (Lipinski definition) is 3. The first-order chi connectivity index (χ1) is 9.04. The van der Waals surface area contributed by atoms with Crippen molar-refractivity contribution >= 4 is 11.0 Å². The van der Waals surface area contributed by atoms with E-state index in [0.29, 0.717) is 18.0 Å². The normalized spacial score (nSPS) is 24.7. The highest BCUT2D eigenvalue weighted by Gasteiger charge is 2.35. The summed E-state index contributed by atoms with van der Waals surface area (Å²) >= 11 is 0. The fourth-order valence-electron chi connectivity index (χ4n) is 3.30. The number of benzene rings is 1. The topological polar surface area (TPSA) is 57.9 Å². The van der Waals surface area contributed by atoms with Gasteiger partial charge >= 0.3 is 0 Å². The van der Waals surface area contributed by atoms with Crippen LogP contribution in [0.15, 0.2) is 18.2 Å². The molecule has 19 heavy (non-hydrogen) atoms. The second-order valence-electron chi connectivity index (χ2n) is 6.00. The van der Waals surface area contributed by atoms with Gasteiger partial charge in [-0.05, 0) is 57.5 Å². The van der Waals surface area contributed by atoms with Crippen LogP contribution < -0.4 is 5.73 Å². The van der Waals surface area contributed by atoms with Gasteiger partial charge in [0.15, 0.2) is 0 Å². The van der Waals surface area contributed by atoms with E-state index in [2.05, 4.69) is 47.2 Å². The molecule has 1 aromatic heterocycles. The molecule has 1 aliphatic carbocycles. The summed E-state index contributed by atoms with van der Waals surface area (Å²) in [6, 6.07) is 7.41. The van der Waals surface area contributed by atoms with Crippen molar-refractivity contribution in [1.29, 1.82) is 0 Å². The highest BCUT2D eigenvalue weighted by atomic mass is 15.1. The lowest BCUT2D eigenvalue weighted by atomic mass is 9.73. The lowest BCUT2D eigenvalue weighted by molar-refractivity contribution is 0.123. The van der Waals surface area contributed by atoms with E-state index in [1.54, 1.807) is 0 Å². The van der Waals surface area contributed by atoms with Gasteiger partial charge in [-0.1, -0.05) is 6.07 Å². The zero-order chi connectivity index (χ0) is 13.6. The number of H-pyrrole nitrogens is 1. The summed E-state index contributed by atoms with van der Waals surface area (Å²) in [4.78, 5) is 10.1. The molecule has 0 amide bonds. The Balaban J connectivity index is 1.95. The molecule has 0 saturated heterocycles. The van der Waals surface area contributed by atoms with Crippen molar-refractivity contribution < 1.29 is 0 Å². The zero-order valence-corrected chi connectivity index (χ0v) is 11.9. The second kappa shape index (κ2) is 4.62. The van der Waals surface area contributed by atoms with E-state index in [9.17, 15) is 0 Å². The number of imidazole rings is 1. The van der Waals surface area contributed by atoms with Gasteiger partial charge in [0.1, 0.15) is 5.82 Å². The number of nitrogens with one attached hydrogen (secondary N) is 1. The van der Waals surface area contributed by atoms with E-state index in [1.807, 2.05) is 6.92 Å². The van der Waals surface area contributed by atoms with E-state index in [4.69, 9.17) is 5.73 Å². The Morgan fingerprint density at radius 3 is 2.74 bits per heavy atom. The van der Waals surface area contributed by atoms with Crippen LogP contribution in [0.5, 0.6) is 0 Å². The fraction of sp³-hybridized carbons (Fsp3) is 0.533. The van der Waals surface area contributed by atoms with Crippen molar-refractivity contribution in [2.45, 2.75) is 31.8 Å². The van der Waals surface area contributed by atoms with Gasteiger partial charge in [0.25, 0.3) is 0 Å². The third-order valence-electron chi connectivity index (χ3n) is 4.18. The summed E-state index contributed by atoms with van der Waals surface area (Å²) in [6.45, 7) is 1.99. The van der Waals surface area contributed by atoms with Gasteiger partial charge in [-0.15, -0.1) is 0 Å². The van der Waals surface area contributed by atoms with Gasteiger partial charge in [0.2, 0.25) is 0 Å². The first kappa shape index (κ1) is 12.6. The molecule has 102 valence electrons. The van der Waals surface area contributed by atoms with Crippen LogP contribution in [0.3, 0.4) is 0 Å². The molecular weight excluding hydrogens is 236 g/mol. The maximum atomic E-state index is 5.94. The SMILES string of the molecule is Cc1nc2ccc(C(C3CC(N)C3)N(C)C)cc2[nH]1. The second-order valence-corrected chi connectivity index (χ2v) is 6.00. The van der Waals surface area contributed by atoms with Crippen LogP contribution in [0.4, 0.5) is 0 Å². The maximum Gasteiger partial charge on any atom is 0.104 e. The lowest BCUT2D eigenvalue weighted by Gasteiger charge is -2.41. The lowest BCUT2D eigenvalue weighted by Crippen LogP contribution is -2.43. The standard InChI is InChI=1S/C15H22N4/c1-9-17-13-5-4-10(8-14(13)18-9)15(19(2)3)11-6-12(16)7-11/h4-5,8,11-12,15H,6-7,16H2,1-3H3,(H,17,18). The van der Waals surface area contributed by atoms with Gasteiger partial charge in [0, 0.05) is 12.1 Å². The molecule has 1 saturated carbocycles. The molecule has 4 nitrogen and oxygen atoms in total. The first-order valence-electron chi connectivity index (χ1n) is 6.93. The van der Waals surface area contributed by atoms with Crippen LogP contribution in [0.25, 0.3) is 11.0 Å². The minimum Gasteiger partial charge on any atom is -0.342 e. The number of nitrogens with zero attached hydrogens (tertiary/aromatic N) is 2. The predicted octanol–water partition coefficient (Wildman–Crippen LogP) is 2.21. The van der Waals surface area contributed by atoms with Crippen molar-refractivity contribution in [3.05, 3.63) is 29.6 Å². The molecule has 1 fully saturated rings. The van der Waals surface area contributed by atoms with Crippen molar-refractivity contribution in [2.24, 2.45) is 11.7 Å². The van der Waals surface area contributed by atoms with Crippen molar-refractivity contribution in [3.63, 3.8) is 0 Å². The Labute approximate surface area is 114 Å². The molecule has 0 radical (unpaired) electrons. The van der Waals surface area contributed by atoms with Gasteiger partial charge in [0.05, 0.1) is 11.0 Å². The average Bonchev–Trinajstić information content (AvgIpc) is 2.66. The minimum absolute atomic E-state index is 0.394. The van der Waals surface area contributed by atoms with Crippen LogP contribution >= 0.6 is 0 Å². The fourth-order valence-corrected chi connectivity index (χ4v) is 3.30. The molecule has 2 aromatic rings. The summed E-state index contributed by atoms with van der Waals surface area (Å²) in [6.07, 6.45) is 2.26. The largest absolute Gasteiger partial charge is 0.342 e. The van der Waals surface area contributed by atoms with Gasteiger partial charge < -0.3 is 15.6 Å². The van der Waals surface area contributed by atoms with E-state index in [0.717, 1.165) is 29.7 Å². The monoisotopic (exact) mass is 258 g/mol. The van der Waals surface area contributed by atoms with Crippen LogP contribution in [-0.4, -0.2) is 35.0 Å². The Morgan fingerprint density at radius 2 is 2.11 bits per heavy atom. The molecule has 1 aliphatic rings. The van der Waals surface area contributed by atoms with Crippen molar-refractivity contribution in [1.82, 2.24) is 14.9 Å². The zero-order valence-electron chi connectivity index (χ0n) is 11.9. The number of aryl methyl sites for hydroxylation is 1. The summed E-state index contributed by atoms with van der Waals surface area (Å²) in [5.74, 6) is 1.64. The number of aromatic nitrogens is 2. The Morgan fingerprint density at radius 1 is 1.37 bits per heavy atom. The molecule has 0 aliphatic heterocycles. The molecule has 3 N–H and O–H groups in total. The van der Waals surface area contributed by atoms with E-state index in [-0.39, 0.29) is 0 Å². The smallest absolute Gasteiger partial charge is 0.104 e. The number of hydrogen-bond donors (Lipinski definition) is 2. The molecule has 1 unspecified atom stereocenters. The third kappa shape index (κ3) is 2.26. The molecular formula is C15H22N4. The van der Waals surface area contributed by atoms with Crippen LogP contribution in [0.2, 0.25) is 0 Å². The van der Waals surface area contributed by atoms with Crippen LogP contribution in [0.1, 0.15) is 30.3 Å². The van der Waals surface area contributed by atoms with E-state index < -0.39 is 0 Å². The van der Waals surface area contributed by atoms with Gasteiger partial charge in [-0.25, -0.2) is 4.98 Å². The number of aromatic amines is 1. The molecule has 0 bridgehead atoms. The Kier molecular flexibility index (Phi) is 3.07. The Hall–Kier alpha value is -1.39. The van der Waals surface area contributed by atoms with Gasteiger partial charge in [-0.2, -0.15) is 0 Å². The maximum absolute atomic E-state index is 5.94. The quantitative estimate of drug-likeness (QED) is 0.887. The molecule has 1 heterocycles. The van der Waals surface area contributed by atoms with E-state index in [1.165, 1.54) is 5.56 Å². The van der Waals surface area contributed by atoms with Crippen LogP contribution in [0, 0.1) is 12.8 Å². The number of rotatable bonds is 3. The summed E-state index contributed by atoms with van der Waals surface area (Å²) < 4.78 is 0. The minimum atomic E-state index is 0.394. The van der Waals surface area contributed by atoms with Crippen molar-refractivity contribution in [2.75, 3.05) is 14.1 Å². The summed E-state index contributed by atoms with van der Waals surface area (Å²) in [7, 11) is 4.30. The molecule has 0 spiro atoms. The molecule has 1 aromatic carbocycles. The molecule has 1 atom stereocenters. The summed E-state index contributed by atoms with van der Waals surface area (Å²) in [5, 5.41) is 0. The van der Waals surface area contributed by atoms with Crippen LogP contribution in [-0.2, 0) is 0 Å². The summed E-state index contributed by atoms with van der Waals surface area (Å²) in [5.41, 5.74) is 9.48. The first-order valence-corrected chi connectivity index (χ1v) is 6.93. The predicted molar refractivity (Wildman–Crippen MR) is 78.0 cm³/mol. The molecule has 4 heteroatoms. The van der Waals surface area contributed by atoms with E-state index >= 15 is 0 Å². The Bertz CT molecular complexity index is 581.